The van der Waals surface area contributed by atoms with Crippen LogP contribution < -0.4 is 10.2 Å². The van der Waals surface area contributed by atoms with Crippen molar-refractivity contribution >= 4 is 23.4 Å². The lowest BCUT2D eigenvalue weighted by molar-refractivity contribution is -0.138. The van der Waals surface area contributed by atoms with E-state index in [1.807, 2.05) is 0 Å². The first kappa shape index (κ1) is 11.4. The number of carbonyl (C=O) groups excluding carboxylic acids is 1. The molecule has 6 nitrogen and oxygen atoms in total. The number of carboxylic acid groups (broad SMARTS) is 1. The van der Waals surface area contributed by atoms with Gasteiger partial charge in [-0.05, 0) is 18.6 Å². The molecule has 1 amide bonds. The first-order valence-electron chi connectivity index (χ1n) is 5.37. The second-order valence-electron chi connectivity index (χ2n) is 3.81. The van der Waals surface area contributed by atoms with Gasteiger partial charge in [0.05, 0.1) is 12.2 Å². The Morgan fingerprint density at radius 1 is 1.71 bits per heavy atom. The number of nitrogens with zero attached hydrogens (tertiary/aromatic N) is 2. The molecule has 1 atom stereocenters. The van der Waals surface area contributed by atoms with Crippen LogP contribution in [0, 0.1) is 0 Å². The van der Waals surface area contributed by atoms with Gasteiger partial charge in [0.15, 0.2) is 5.82 Å². The fraction of sp³-hybridized carbons (Fsp3) is 0.364. The normalized spacial score (nSPS) is 16.1. The maximum Gasteiger partial charge on any atom is 0.326 e. The van der Waals surface area contributed by atoms with Crippen LogP contribution in [0.15, 0.2) is 18.3 Å². The van der Waals surface area contributed by atoms with Crippen molar-refractivity contribution in [3.8, 4) is 0 Å². The minimum atomic E-state index is -0.946. The molecule has 17 heavy (non-hydrogen) atoms. The van der Waals surface area contributed by atoms with Crippen molar-refractivity contribution in [3.05, 3.63) is 18.3 Å². The van der Waals surface area contributed by atoms with Crippen LogP contribution in [0.25, 0.3) is 0 Å². The molecule has 2 N–H and O–H groups in total. The van der Waals surface area contributed by atoms with Crippen LogP contribution in [0.1, 0.15) is 13.3 Å². The van der Waals surface area contributed by atoms with Gasteiger partial charge in [-0.1, -0.05) is 6.92 Å². The van der Waals surface area contributed by atoms with Crippen LogP contribution in [0.5, 0.6) is 0 Å². The van der Waals surface area contributed by atoms with Crippen LogP contribution >= 0.6 is 0 Å². The monoisotopic (exact) mass is 235 g/mol. The van der Waals surface area contributed by atoms with Gasteiger partial charge in [-0.25, -0.2) is 9.78 Å². The predicted octanol–water partition coefficient (Wildman–Crippen LogP) is 0.703. The maximum atomic E-state index is 11.5. The van der Waals surface area contributed by atoms with E-state index in [0.29, 0.717) is 17.9 Å². The number of anilines is 2. The summed E-state index contributed by atoms with van der Waals surface area (Å²) in [7, 11) is 0. The zero-order valence-electron chi connectivity index (χ0n) is 9.38. The summed E-state index contributed by atoms with van der Waals surface area (Å²) in [6, 6.07) is 2.68. The quantitative estimate of drug-likeness (QED) is 0.806. The minimum absolute atomic E-state index is 0.0226. The fourth-order valence-corrected chi connectivity index (χ4v) is 1.93. The van der Waals surface area contributed by atoms with Gasteiger partial charge in [0.1, 0.15) is 6.04 Å². The summed E-state index contributed by atoms with van der Waals surface area (Å²) >= 11 is 0. The van der Waals surface area contributed by atoms with E-state index in [1.165, 1.54) is 4.90 Å². The van der Waals surface area contributed by atoms with Crippen LogP contribution in [0.4, 0.5) is 11.5 Å². The Morgan fingerprint density at radius 2 is 2.47 bits per heavy atom. The summed E-state index contributed by atoms with van der Waals surface area (Å²) < 4.78 is 0. The highest BCUT2D eigenvalue weighted by Crippen LogP contribution is 2.28. The van der Waals surface area contributed by atoms with E-state index in [2.05, 4.69) is 10.3 Å². The second-order valence-corrected chi connectivity index (χ2v) is 3.81. The third-order valence-corrected chi connectivity index (χ3v) is 2.69. The van der Waals surface area contributed by atoms with Crippen LogP contribution in [0.3, 0.4) is 0 Å². The van der Waals surface area contributed by atoms with Gasteiger partial charge >= 0.3 is 5.97 Å². The average Bonchev–Trinajstić information content (AvgIpc) is 2.29. The number of aromatic nitrogens is 1. The molecule has 1 aliphatic rings. The molecule has 2 rings (SSSR count). The molecule has 90 valence electrons. The molecular formula is C11H13N3O3. The number of amides is 1. The zero-order valence-corrected chi connectivity index (χ0v) is 9.38. The van der Waals surface area contributed by atoms with Crippen molar-refractivity contribution in [2.75, 3.05) is 16.8 Å². The maximum absolute atomic E-state index is 11.5. The minimum Gasteiger partial charge on any atom is -0.480 e. The molecule has 0 saturated heterocycles. The summed E-state index contributed by atoms with van der Waals surface area (Å²) in [4.78, 5) is 28.3. The van der Waals surface area contributed by atoms with Gasteiger partial charge < -0.3 is 15.3 Å². The van der Waals surface area contributed by atoms with Crippen molar-refractivity contribution in [2.24, 2.45) is 0 Å². The van der Waals surface area contributed by atoms with Crippen molar-refractivity contribution in [2.45, 2.75) is 19.4 Å². The molecule has 1 aromatic heterocycles. The molecule has 0 fully saturated rings. The number of nitrogens with one attached hydrogen (secondary N) is 1. The summed E-state index contributed by atoms with van der Waals surface area (Å²) in [5, 5.41) is 11.8. The summed E-state index contributed by atoms with van der Waals surface area (Å²) in [5.74, 6) is -0.648. The third kappa shape index (κ3) is 2.06. The standard InChI is InChI=1S/C11H13N3O3/c1-2-8(11(16)17)14-6-9(15)13-7-4-3-5-12-10(7)14/h3-5,8H,2,6H2,1H3,(H,13,15)(H,16,17). The van der Waals surface area contributed by atoms with Gasteiger partial charge in [-0.2, -0.15) is 0 Å². The van der Waals surface area contributed by atoms with Crippen molar-refractivity contribution in [1.82, 2.24) is 4.98 Å². The largest absolute Gasteiger partial charge is 0.480 e. The predicted molar refractivity (Wildman–Crippen MR) is 61.9 cm³/mol. The number of hydrogen-bond acceptors (Lipinski definition) is 4. The molecule has 0 bridgehead atoms. The molecule has 0 saturated carbocycles. The zero-order chi connectivity index (χ0) is 12.4. The SMILES string of the molecule is CCC(C(=O)O)N1CC(=O)Nc2cccnc21. The molecule has 0 aromatic carbocycles. The number of pyridine rings is 1. The Hall–Kier alpha value is -2.11. The molecule has 0 aliphatic carbocycles. The van der Waals surface area contributed by atoms with E-state index in [1.54, 1.807) is 25.3 Å². The topological polar surface area (TPSA) is 82.5 Å². The first-order chi connectivity index (χ1) is 8.13. The lowest BCUT2D eigenvalue weighted by atomic mass is 10.1. The number of hydrogen-bond donors (Lipinski definition) is 2. The number of carboxylic acids is 1. The number of rotatable bonds is 3. The first-order valence-corrected chi connectivity index (χ1v) is 5.37. The molecule has 0 radical (unpaired) electrons. The molecule has 1 aromatic rings. The Bertz CT molecular complexity index is 461. The summed E-state index contributed by atoms with van der Waals surface area (Å²) in [5.41, 5.74) is 0.559. The van der Waals surface area contributed by atoms with E-state index in [4.69, 9.17) is 5.11 Å². The van der Waals surface area contributed by atoms with Crippen molar-refractivity contribution in [1.29, 1.82) is 0 Å². The van der Waals surface area contributed by atoms with E-state index >= 15 is 0 Å². The molecular weight excluding hydrogens is 222 g/mol. The molecule has 6 heteroatoms. The van der Waals surface area contributed by atoms with E-state index in [9.17, 15) is 9.59 Å². The van der Waals surface area contributed by atoms with Gasteiger partial charge in [-0.3, -0.25) is 4.79 Å². The van der Waals surface area contributed by atoms with Crippen molar-refractivity contribution in [3.63, 3.8) is 0 Å². The number of carbonyl (C=O) groups is 2. The van der Waals surface area contributed by atoms with Gasteiger partial charge in [-0.15, -0.1) is 0 Å². The second kappa shape index (κ2) is 4.40. The van der Waals surface area contributed by atoms with Gasteiger partial charge in [0.25, 0.3) is 0 Å². The highest BCUT2D eigenvalue weighted by atomic mass is 16.4. The molecule has 2 heterocycles. The van der Waals surface area contributed by atoms with Crippen LogP contribution in [-0.2, 0) is 9.59 Å². The van der Waals surface area contributed by atoms with E-state index < -0.39 is 12.0 Å². The van der Waals surface area contributed by atoms with Gasteiger partial charge in [0.2, 0.25) is 5.91 Å². The van der Waals surface area contributed by atoms with E-state index in [-0.39, 0.29) is 12.5 Å². The average molecular weight is 235 g/mol. The Kier molecular flexibility index (Phi) is 2.95. The van der Waals surface area contributed by atoms with E-state index in [0.717, 1.165) is 0 Å². The Labute approximate surface area is 98.3 Å². The number of fused-ring (bicyclic) bond motifs is 1. The van der Waals surface area contributed by atoms with Crippen LogP contribution in [0.2, 0.25) is 0 Å². The Balaban J connectivity index is 2.41. The summed E-state index contributed by atoms with van der Waals surface area (Å²) in [6.45, 7) is 1.79. The highest BCUT2D eigenvalue weighted by Gasteiger charge is 2.31. The van der Waals surface area contributed by atoms with Crippen molar-refractivity contribution < 1.29 is 14.7 Å². The van der Waals surface area contributed by atoms with Crippen LogP contribution in [-0.4, -0.2) is 34.6 Å². The Morgan fingerprint density at radius 3 is 3.12 bits per heavy atom. The highest BCUT2D eigenvalue weighted by molar-refractivity contribution is 6.01. The smallest absolute Gasteiger partial charge is 0.326 e. The van der Waals surface area contributed by atoms with Gasteiger partial charge in [0, 0.05) is 6.20 Å². The molecule has 1 aliphatic heterocycles. The molecule has 1 unspecified atom stereocenters. The molecule has 0 spiro atoms. The lowest BCUT2D eigenvalue weighted by Crippen LogP contribution is -2.48. The summed E-state index contributed by atoms with van der Waals surface area (Å²) in [6.07, 6.45) is 2.00. The fourth-order valence-electron chi connectivity index (χ4n) is 1.93. The third-order valence-electron chi connectivity index (χ3n) is 2.69. The number of aliphatic carboxylic acids is 1. The lowest BCUT2D eigenvalue weighted by Gasteiger charge is -2.33.